The summed E-state index contributed by atoms with van der Waals surface area (Å²) < 4.78 is 30.7. The van der Waals surface area contributed by atoms with Crippen LogP contribution >= 0.6 is 0 Å². The van der Waals surface area contributed by atoms with Crippen molar-refractivity contribution in [1.29, 1.82) is 0 Å². The van der Waals surface area contributed by atoms with Gasteiger partial charge in [-0.05, 0) is 12.8 Å². The second-order valence-corrected chi connectivity index (χ2v) is 3.58. The molecule has 0 bridgehead atoms. The molecule has 0 aromatic carbocycles. The van der Waals surface area contributed by atoms with Crippen LogP contribution in [0.15, 0.2) is 0 Å². The monoisotopic (exact) mass is 151 g/mol. The van der Waals surface area contributed by atoms with Gasteiger partial charge in [0.1, 0.15) is 0 Å². The lowest BCUT2D eigenvalue weighted by atomic mass is 10.3. The molecule has 0 aliphatic heterocycles. The van der Waals surface area contributed by atoms with Gasteiger partial charge in [0.2, 0.25) is 0 Å². The first-order valence-corrected chi connectivity index (χ1v) is 4.44. The van der Waals surface area contributed by atoms with E-state index in [2.05, 4.69) is 0 Å². The Bertz CT molecular complexity index is 155. The van der Waals surface area contributed by atoms with Gasteiger partial charge in [-0.15, -0.1) is 0 Å². The number of rotatable bonds is 3. The Morgan fingerprint density at radius 1 is 1.22 bits per heavy atom. The van der Waals surface area contributed by atoms with Crippen LogP contribution in [-0.4, -0.2) is 13.7 Å². The van der Waals surface area contributed by atoms with Crippen LogP contribution in [0, 0.1) is 0 Å². The van der Waals surface area contributed by atoms with Gasteiger partial charge < -0.3 is 0 Å². The summed E-state index contributed by atoms with van der Waals surface area (Å²) in [5.41, 5.74) is 0. The van der Waals surface area contributed by atoms with Gasteiger partial charge in [-0.1, -0.05) is 18.4 Å². The minimum atomic E-state index is -4.02. The summed E-state index contributed by atoms with van der Waals surface area (Å²) in [4.78, 5) is 0. The molecule has 0 fully saturated rings. The lowest BCUT2D eigenvalue weighted by Crippen LogP contribution is -2.16. The molecule has 0 rings (SSSR count). The molecule has 0 aromatic rings. The van der Waals surface area contributed by atoms with Gasteiger partial charge in [-0.2, -0.15) is 8.42 Å². The van der Waals surface area contributed by atoms with E-state index in [1.165, 1.54) is 0 Å². The van der Waals surface area contributed by atoms with E-state index in [4.69, 9.17) is 0 Å². The lowest BCUT2D eigenvalue weighted by Gasteiger charge is -2.03. The van der Waals surface area contributed by atoms with Gasteiger partial charge in [0, 0.05) is 0 Å². The highest BCUT2D eigenvalue weighted by Crippen LogP contribution is 2.07. The Kier molecular flexibility index (Phi) is 3.14. The molecule has 0 unspecified atom stereocenters. The minimum Gasteiger partial charge on any atom is -0.197 e. The Morgan fingerprint density at radius 2 is 1.56 bits per heavy atom. The summed E-state index contributed by atoms with van der Waals surface area (Å²) in [6, 6.07) is 0. The third kappa shape index (κ3) is 2.81. The van der Waals surface area contributed by atoms with Crippen LogP contribution in [0.25, 0.3) is 0 Å². The van der Waals surface area contributed by atoms with E-state index in [-0.39, 0.29) is 0 Å². The standard InChI is InChI=1S/C5H11O3S/c1-3-5(4-2)9(6,7)8/h5H,3-4H2,1-2H3. The zero-order valence-corrected chi connectivity index (χ0v) is 6.44. The van der Waals surface area contributed by atoms with Gasteiger partial charge >= 0.3 is 0 Å². The molecule has 0 amide bonds. The van der Waals surface area contributed by atoms with Gasteiger partial charge in [0.05, 0.1) is 5.25 Å². The normalized spacial score (nSPS) is 12.4. The van der Waals surface area contributed by atoms with Crippen LogP contribution in [0.4, 0.5) is 0 Å². The molecule has 55 valence electrons. The molecule has 0 aliphatic carbocycles. The maximum absolute atomic E-state index is 10.2. The van der Waals surface area contributed by atoms with E-state index in [1.807, 2.05) is 0 Å². The van der Waals surface area contributed by atoms with Crippen molar-refractivity contribution >= 4 is 10.1 Å². The van der Waals surface area contributed by atoms with Crippen molar-refractivity contribution < 1.29 is 13.0 Å². The molecule has 0 heterocycles. The highest BCUT2D eigenvalue weighted by atomic mass is 32.2. The molecule has 0 saturated carbocycles. The molecule has 3 nitrogen and oxygen atoms in total. The smallest absolute Gasteiger partial charge is 0.197 e. The van der Waals surface area contributed by atoms with Crippen molar-refractivity contribution in [2.45, 2.75) is 31.9 Å². The second-order valence-electron chi connectivity index (χ2n) is 1.93. The average Bonchev–Trinajstić information content (AvgIpc) is 1.65. The predicted molar refractivity (Wildman–Crippen MR) is 34.0 cm³/mol. The maximum atomic E-state index is 10.2. The van der Waals surface area contributed by atoms with Gasteiger partial charge in [0.15, 0.2) is 0 Å². The summed E-state index contributed by atoms with van der Waals surface area (Å²) in [5.74, 6) is 0. The molecule has 0 saturated heterocycles. The molecular weight excluding hydrogens is 140 g/mol. The van der Waals surface area contributed by atoms with Crippen molar-refractivity contribution in [3.05, 3.63) is 0 Å². The number of hydrogen-bond donors (Lipinski definition) is 0. The van der Waals surface area contributed by atoms with E-state index in [1.54, 1.807) is 13.8 Å². The Balaban J connectivity index is 4.14. The van der Waals surface area contributed by atoms with Gasteiger partial charge in [-0.3, -0.25) is 0 Å². The molecule has 0 spiro atoms. The van der Waals surface area contributed by atoms with Crippen molar-refractivity contribution in [2.75, 3.05) is 0 Å². The summed E-state index contributed by atoms with van der Waals surface area (Å²) >= 11 is 0. The average molecular weight is 151 g/mol. The fraction of sp³-hybridized carbons (Fsp3) is 1.00. The van der Waals surface area contributed by atoms with Gasteiger partial charge in [-0.25, -0.2) is 0 Å². The Hall–Kier alpha value is -0.0900. The molecule has 9 heavy (non-hydrogen) atoms. The van der Waals surface area contributed by atoms with E-state index in [9.17, 15) is 13.0 Å². The van der Waals surface area contributed by atoms with Crippen LogP contribution in [0.3, 0.4) is 0 Å². The Morgan fingerprint density at radius 3 is 1.56 bits per heavy atom. The van der Waals surface area contributed by atoms with Crippen molar-refractivity contribution in [3.8, 4) is 0 Å². The maximum Gasteiger partial charge on any atom is 0.297 e. The van der Waals surface area contributed by atoms with E-state index in [0.717, 1.165) is 0 Å². The van der Waals surface area contributed by atoms with E-state index < -0.39 is 15.4 Å². The zero-order valence-electron chi connectivity index (χ0n) is 5.62. The highest BCUT2D eigenvalue weighted by molar-refractivity contribution is 7.86. The fourth-order valence-electron chi connectivity index (χ4n) is 0.697. The number of hydrogen-bond acceptors (Lipinski definition) is 2. The molecule has 4 heteroatoms. The Labute approximate surface area is 55.8 Å². The third-order valence-electron chi connectivity index (χ3n) is 1.32. The molecule has 0 N–H and O–H groups in total. The molecule has 0 aromatic heterocycles. The molecule has 0 aliphatic rings. The van der Waals surface area contributed by atoms with Crippen molar-refractivity contribution in [3.63, 3.8) is 0 Å². The summed E-state index contributed by atoms with van der Waals surface area (Å²) in [6.07, 6.45) is 0.838. The quantitative estimate of drug-likeness (QED) is 0.602. The molecular formula is C5H11O3S. The highest BCUT2D eigenvalue weighted by Gasteiger charge is 2.19. The van der Waals surface area contributed by atoms with Gasteiger partial charge in [0.25, 0.3) is 10.1 Å². The second kappa shape index (κ2) is 3.17. The molecule has 0 atom stereocenters. The van der Waals surface area contributed by atoms with E-state index in [0.29, 0.717) is 12.8 Å². The van der Waals surface area contributed by atoms with E-state index >= 15 is 0 Å². The topological polar surface area (TPSA) is 54.0 Å². The van der Waals surface area contributed by atoms with Crippen molar-refractivity contribution in [2.24, 2.45) is 0 Å². The van der Waals surface area contributed by atoms with Crippen LogP contribution in [0.1, 0.15) is 26.7 Å². The summed E-state index contributed by atoms with van der Waals surface area (Å²) in [7, 11) is -4.02. The first kappa shape index (κ1) is 8.91. The van der Waals surface area contributed by atoms with Crippen LogP contribution in [0.5, 0.6) is 0 Å². The lowest BCUT2D eigenvalue weighted by molar-refractivity contribution is 0.398. The summed E-state index contributed by atoms with van der Waals surface area (Å²) in [5, 5.41) is -0.683. The zero-order chi connectivity index (χ0) is 7.49. The van der Waals surface area contributed by atoms with Crippen LogP contribution in [0.2, 0.25) is 0 Å². The van der Waals surface area contributed by atoms with Crippen molar-refractivity contribution in [1.82, 2.24) is 0 Å². The molecule has 1 radical (unpaired) electrons. The first-order valence-electron chi connectivity index (χ1n) is 2.97. The van der Waals surface area contributed by atoms with Crippen LogP contribution in [-0.2, 0) is 14.7 Å². The van der Waals surface area contributed by atoms with Crippen LogP contribution < -0.4 is 0 Å². The first-order chi connectivity index (χ1) is 4.02. The minimum absolute atomic E-state index is 0.419. The largest absolute Gasteiger partial charge is 0.297 e. The fourth-order valence-corrected chi connectivity index (χ4v) is 1.51. The third-order valence-corrected chi connectivity index (χ3v) is 2.80. The predicted octanol–water partition coefficient (Wildman–Crippen LogP) is 0.935. The SMILES string of the molecule is CCC(CC)S([O])(=O)=O. The summed E-state index contributed by atoms with van der Waals surface area (Å²) in [6.45, 7) is 3.40.